The van der Waals surface area contributed by atoms with Gasteiger partial charge < -0.3 is 15.4 Å². The molecule has 4 nitrogen and oxygen atoms in total. The number of ether oxygens (including phenoxy) is 1. The Hall–Kier alpha value is -1.71. The third kappa shape index (κ3) is 4.65. The summed E-state index contributed by atoms with van der Waals surface area (Å²) >= 11 is 0. The fourth-order valence-electron chi connectivity index (χ4n) is 1.69. The fraction of sp³-hybridized carbons (Fsp3) is 0.500. The molecule has 0 aliphatic carbocycles. The van der Waals surface area contributed by atoms with Gasteiger partial charge in [-0.25, -0.2) is 0 Å². The van der Waals surface area contributed by atoms with Gasteiger partial charge >= 0.3 is 0 Å². The smallest absolute Gasteiger partial charge is 0.239 e. The average Bonchev–Trinajstić information content (AvgIpc) is 2.42. The summed E-state index contributed by atoms with van der Waals surface area (Å²) in [7, 11) is 1.62. The molecule has 0 saturated heterocycles. The number of hydrogen-bond donors (Lipinski definition) is 2. The molecule has 0 bridgehead atoms. The van der Waals surface area contributed by atoms with Crippen molar-refractivity contribution in [1.82, 2.24) is 5.32 Å². The molecule has 1 aromatic rings. The highest BCUT2D eigenvalue weighted by molar-refractivity contribution is 5.81. The lowest BCUT2D eigenvalue weighted by Gasteiger charge is -2.15. The quantitative estimate of drug-likeness (QED) is 0.781. The van der Waals surface area contributed by atoms with Gasteiger partial charge in [0, 0.05) is 17.8 Å². The topological polar surface area (TPSA) is 50.4 Å². The van der Waals surface area contributed by atoms with Crippen LogP contribution in [0.25, 0.3) is 0 Å². The number of methoxy groups -OCH3 is 1. The summed E-state index contributed by atoms with van der Waals surface area (Å²) in [5, 5.41) is 6.06. The van der Waals surface area contributed by atoms with E-state index in [4.69, 9.17) is 4.74 Å². The van der Waals surface area contributed by atoms with Crippen molar-refractivity contribution >= 4 is 11.6 Å². The van der Waals surface area contributed by atoms with E-state index in [-0.39, 0.29) is 18.5 Å². The zero-order valence-electron chi connectivity index (χ0n) is 11.3. The van der Waals surface area contributed by atoms with E-state index in [0.29, 0.717) is 0 Å². The molecule has 0 atom stereocenters. The van der Waals surface area contributed by atoms with E-state index in [9.17, 15) is 4.79 Å². The molecule has 18 heavy (non-hydrogen) atoms. The molecule has 0 aliphatic heterocycles. The third-order valence-electron chi connectivity index (χ3n) is 2.87. The first kappa shape index (κ1) is 14.4. The molecule has 0 fully saturated rings. The van der Waals surface area contributed by atoms with Crippen molar-refractivity contribution < 1.29 is 9.53 Å². The van der Waals surface area contributed by atoms with Gasteiger partial charge in [-0.1, -0.05) is 19.9 Å². The lowest BCUT2D eigenvalue weighted by molar-refractivity contribution is -0.120. The van der Waals surface area contributed by atoms with Gasteiger partial charge in [0.15, 0.2) is 0 Å². The summed E-state index contributed by atoms with van der Waals surface area (Å²) in [5.41, 5.74) is 0.883. The van der Waals surface area contributed by atoms with Crippen LogP contribution in [-0.4, -0.2) is 25.6 Å². The average molecular weight is 250 g/mol. The highest BCUT2D eigenvalue weighted by Crippen LogP contribution is 2.16. The standard InChI is InChI=1S/C14H22N2O2/c1-4-11(5-2)16-14(17)10-15-12-7-6-8-13(9-12)18-3/h6-9,11,15H,4-5,10H2,1-3H3,(H,16,17). The molecule has 1 amide bonds. The molecular formula is C14H22N2O2. The Morgan fingerprint density at radius 3 is 2.67 bits per heavy atom. The third-order valence-corrected chi connectivity index (χ3v) is 2.87. The van der Waals surface area contributed by atoms with Crippen LogP contribution < -0.4 is 15.4 Å². The van der Waals surface area contributed by atoms with Crippen LogP contribution in [0.5, 0.6) is 5.75 Å². The molecule has 0 aliphatic rings. The molecule has 0 aromatic heterocycles. The van der Waals surface area contributed by atoms with Gasteiger partial charge in [-0.05, 0) is 25.0 Å². The first-order valence-corrected chi connectivity index (χ1v) is 6.36. The second kappa shape index (κ2) is 7.58. The molecular weight excluding hydrogens is 228 g/mol. The van der Waals surface area contributed by atoms with E-state index in [2.05, 4.69) is 24.5 Å². The number of rotatable bonds is 7. The summed E-state index contributed by atoms with van der Waals surface area (Å²) in [6, 6.07) is 7.80. The van der Waals surface area contributed by atoms with Crippen molar-refractivity contribution in [3.05, 3.63) is 24.3 Å². The monoisotopic (exact) mass is 250 g/mol. The van der Waals surface area contributed by atoms with E-state index in [1.165, 1.54) is 0 Å². The first-order chi connectivity index (χ1) is 8.69. The van der Waals surface area contributed by atoms with Crippen LogP contribution in [-0.2, 0) is 4.79 Å². The van der Waals surface area contributed by atoms with Gasteiger partial charge in [-0.3, -0.25) is 4.79 Å². The minimum absolute atomic E-state index is 0.0199. The molecule has 1 aromatic carbocycles. The Morgan fingerprint density at radius 1 is 1.33 bits per heavy atom. The summed E-state index contributed by atoms with van der Waals surface area (Å²) in [4.78, 5) is 11.7. The fourth-order valence-corrected chi connectivity index (χ4v) is 1.69. The van der Waals surface area contributed by atoms with Gasteiger partial charge in [-0.2, -0.15) is 0 Å². The van der Waals surface area contributed by atoms with Crippen LogP contribution in [0.3, 0.4) is 0 Å². The minimum Gasteiger partial charge on any atom is -0.497 e. The number of carbonyl (C=O) groups is 1. The molecule has 100 valence electrons. The number of anilines is 1. The summed E-state index contributed by atoms with van der Waals surface area (Å²) < 4.78 is 5.12. The van der Waals surface area contributed by atoms with Crippen LogP contribution in [0.4, 0.5) is 5.69 Å². The first-order valence-electron chi connectivity index (χ1n) is 6.36. The van der Waals surface area contributed by atoms with Gasteiger partial charge in [-0.15, -0.1) is 0 Å². The van der Waals surface area contributed by atoms with Crippen molar-refractivity contribution in [1.29, 1.82) is 0 Å². The summed E-state index contributed by atoms with van der Waals surface area (Å²) in [5.74, 6) is 0.798. The second-order valence-electron chi connectivity index (χ2n) is 4.17. The lowest BCUT2D eigenvalue weighted by Crippen LogP contribution is -2.37. The Kier molecular flexibility index (Phi) is 6.05. The number of carbonyl (C=O) groups excluding carboxylic acids is 1. The highest BCUT2D eigenvalue weighted by Gasteiger charge is 2.07. The zero-order valence-corrected chi connectivity index (χ0v) is 11.3. The molecule has 0 unspecified atom stereocenters. The Morgan fingerprint density at radius 2 is 2.06 bits per heavy atom. The van der Waals surface area contributed by atoms with Crippen molar-refractivity contribution in [3.8, 4) is 5.75 Å². The minimum atomic E-state index is 0.0199. The van der Waals surface area contributed by atoms with Crippen LogP contribution in [0.2, 0.25) is 0 Å². The van der Waals surface area contributed by atoms with Crippen LogP contribution >= 0.6 is 0 Å². The molecule has 0 spiro atoms. The number of nitrogens with one attached hydrogen (secondary N) is 2. The SMILES string of the molecule is CCC(CC)NC(=O)CNc1cccc(OC)c1. The molecule has 2 N–H and O–H groups in total. The Balaban J connectivity index is 2.42. The maximum Gasteiger partial charge on any atom is 0.239 e. The highest BCUT2D eigenvalue weighted by atomic mass is 16.5. The largest absolute Gasteiger partial charge is 0.497 e. The van der Waals surface area contributed by atoms with Crippen LogP contribution in [0, 0.1) is 0 Å². The lowest BCUT2D eigenvalue weighted by atomic mass is 10.2. The second-order valence-corrected chi connectivity index (χ2v) is 4.17. The van der Waals surface area contributed by atoms with E-state index < -0.39 is 0 Å². The maximum absolute atomic E-state index is 11.7. The van der Waals surface area contributed by atoms with Gasteiger partial charge in [0.05, 0.1) is 13.7 Å². The molecule has 0 radical (unpaired) electrons. The van der Waals surface area contributed by atoms with Crippen molar-refractivity contribution in [2.45, 2.75) is 32.7 Å². The number of amides is 1. The normalized spacial score (nSPS) is 10.2. The van der Waals surface area contributed by atoms with Crippen molar-refractivity contribution in [2.75, 3.05) is 19.0 Å². The van der Waals surface area contributed by atoms with Crippen molar-refractivity contribution in [3.63, 3.8) is 0 Å². The maximum atomic E-state index is 11.7. The van der Waals surface area contributed by atoms with E-state index in [1.54, 1.807) is 7.11 Å². The Bertz CT molecular complexity index is 376. The summed E-state index contributed by atoms with van der Waals surface area (Å²) in [6.07, 6.45) is 1.92. The van der Waals surface area contributed by atoms with Crippen molar-refractivity contribution in [2.24, 2.45) is 0 Å². The van der Waals surface area contributed by atoms with Crippen LogP contribution in [0.15, 0.2) is 24.3 Å². The number of benzene rings is 1. The molecule has 4 heteroatoms. The summed E-state index contributed by atoms with van der Waals surface area (Å²) in [6.45, 7) is 4.43. The predicted octanol–water partition coefficient (Wildman–Crippen LogP) is 2.41. The zero-order chi connectivity index (χ0) is 13.4. The van der Waals surface area contributed by atoms with E-state index in [1.807, 2.05) is 24.3 Å². The van der Waals surface area contributed by atoms with Gasteiger partial charge in [0.1, 0.15) is 5.75 Å². The molecule has 0 heterocycles. The van der Waals surface area contributed by atoms with Gasteiger partial charge in [0.25, 0.3) is 0 Å². The van der Waals surface area contributed by atoms with Crippen LogP contribution in [0.1, 0.15) is 26.7 Å². The molecule has 0 saturated carbocycles. The van der Waals surface area contributed by atoms with Gasteiger partial charge in [0.2, 0.25) is 5.91 Å². The van der Waals surface area contributed by atoms with E-state index >= 15 is 0 Å². The van der Waals surface area contributed by atoms with E-state index in [0.717, 1.165) is 24.3 Å². The molecule has 1 rings (SSSR count). The number of hydrogen-bond acceptors (Lipinski definition) is 3. The Labute approximate surface area is 109 Å². The predicted molar refractivity (Wildman–Crippen MR) is 74.0 cm³/mol.